The number of carboxylic acids is 1. The van der Waals surface area contributed by atoms with Gasteiger partial charge in [-0.25, -0.2) is 4.79 Å². The molecule has 0 aliphatic heterocycles. The number of nitrogen functional groups attached to an aromatic ring is 1. The molecular weight excluding hydrogens is 628 g/mol. The molecule has 0 radical (unpaired) electrons. The number of hydrogen-bond acceptors (Lipinski definition) is 9. The standard InChI is InChI=1S/C21H23F3N2O3.C8H6F3NO3.CH2O/c1-25-20-9-8-15(20)17(10-20)27-11-14-18(26-29-19(14)12-6-7-12)13-4-2-3-5-16(13)28-21(22,23)24;9-8(10,11)15-6-3-4(7(13)14)1-2-5(6)12;1-2/h2-5,12,15,17,25H,6-11H2,1H3;1-3H,12H2,(H,13,14);1H2. The Labute approximate surface area is 258 Å². The summed E-state index contributed by atoms with van der Waals surface area (Å²) in [5.41, 5.74) is 6.17. The Morgan fingerprint density at radius 3 is 2.26 bits per heavy atom. The number of nitrogens with one attached hydrogen (secondary N) is 1. The summed E-state index contributed by atoms with van der Waals surface area (Å²) in [5, 5.41) is 16.1. The number of halogens is 6. The van der Waals surface area contributed by atoms with Crippen LogP contribution in [0.2, 0.25) is 0 Å². The molecule has 1 aromatic heterocycles. The second kappa shape index (κ2) is 13.6. The van der Waals surface area contributed by atoms with Crippen molar-refractivity contribution in [3.05, 3.63) is 59.4 Å². The van der Waals surface area contributed by atoms with Crippen LogP contribution in [0.5, 0.6) is 11.5 Å². The molecule has 3 atom stereocenters. The minimum absolute atomic E-state index is 0.160. The van der Waals surface area contributed by atoms with Crippen LogP contribution in [-0.2, 0) is 16.1 Å². The Balaban J connectivity index is 0.000000240. The van der Waals surface area contributed by atoms with Crippen LogP contribution < -0.4 is 20.5 Å². The molecule has 3 saturated carbocycles. The average Bonchev–Trinajstić information content (AvgIpc) is 3.74. The van der Waals surface area contributed by atoms with Crippen LogP contribution in [0.15, 0.2) is 47.0 Å². The number of nitrogens with two attached hydrogens (primary N) is 1. The summed E-state index contributed by atoms with van der Waals surface area (Å²) >= 11 is 0. The van der Waals surface area contributed by atoms with E-state index in [9.17, 15) is 31.1 Å². The van der Waals surface area contributed by atoms with Crippen LogP contribution >= 0.6 is 0 Å². The summed E-state index contributed by atoms with van der Waals surface area (Å²) in [6.07, 6.45) is -4.25. The number of para-hydroxylation sites is 1. The van der Waals surface area contributed by atoms with Crippen LogP contribution in [0.25, 0.3) is 11.3 Å². The maximum atomic E-state index is 12.8. The minimum Gasteiger partial charge on any atom is -0.478 e. The van der Waals surface area contributed by atoms with Gasteiger partial charge in [0.25, 0.3) is 0 Å². The molecule has 3 aromatic rings. The molecule has 2 aromatic carbocycles. The van der Waals surface area contributed by atoms with E-state index in [0.29, 0.717) is 17.7 Å². The first-order valence-corrected chi connectivity index (χ1v) is 14.0. The van der Waals surface area contributed by atoms with E-state index in [0.717, 1.165) is 49.1 Å². The molecule has 46 heavy (non-hydrogen) atoms. The van der Waals surface area contributed by atoms with E-state index in [4.69, 9.17) is 24.9 Å². The fourth-order valence-electron chi connectivity index (χ4n) is 5.67. The number of benzene rings is 2. The molecule has 3 aliphatic carbocycles. The fourth-order valence-corrected chi connectivity index (χ4v) is 5.67. The van der Waals surface area contributed by atoms with Gasteiger partial charge >= 0.3 is 18.7 Å². The van der Waals surface area contributed by atoms with Crippen LogP contribution in [0.1, 0.15) is 59.7 Å². The molecule has 3 fully saturated rings. The largest absolute Gasteiger partial charge is 0.573 e. The number of nitrogens with zero attached hydrogens (tertiary/aromatic N) is 1. The van der Waals surface area contributed by atoms with E-state index in [1.165, 1.54) is 18.6 Å². The van der Waals surface area contributed by atoms with E-state index in [1.807, 2.05) is 13.8 Å². The summed E-state index contributed by atoms with van der Waals surface area (Å²) in [5.74, 6) is -0.860. The van der Waals surface area contributed by atoms with Crippen LogP contribution in [0.3, 0.4) is 0 Å². The van der Waals surface area contributed by atoms with E-state index in [-0.39, 0.29) is 46.7 Å². The summed E-state index contributed by atoms with van der Waals surface area (Å²) in [6.45, 7) is 2.28. The second-order valence-corrected chi connectivity index (χ2v) is 10.9. The maximum Gasteiger partial charge on any atom is 0.573 e. The van der Waals surface area contributed by atoms with Gasteiger partial charge in [0.1, 0.15) is 24.0 Å². The van der Waals surface area contributed by atoms with Gasteiger partial charge in [0.2, 0.25) is 0 Å². The number of alkyl halides is 6. The zero-order chi connectivity index (χ0) is 33.9. The lowest BCUT2D eigenvalue weighted by atomic mass is 9.51. The van der Waals surface area contributed by atoms with Gasteiger partial charge in [-0.3, -0.25) is 0 Å². The predicted molar refractivity (Wildman–Crippen MR) is 150 cm³/mol. The first kappa shape index (κ1) is 34.6. The van der Waals surface area contributed by atoms with Crippen molar-refractivity contribution in [1.29, 1.82) is 0 Å². The predicted octanol–water partition coefficient (Wildman–Crippen LogP) is 6.46. The molecule has 0 amide bonds. The van der Waals surface area contributed by atoms with Gasteiger partial charge in [-0.05, 0) is 69.5 Å². The van der Waals surface area contributed by atoms with Gasteiger partial charge < -0.3 is 39.7 Å². The Morgan fingerprint density at radius 2 is 1.72 bits per heavy atom. The van der Waals surface area contributed by atoms with Crippen LogP contribution in [-0.4, -0.2) is 54.4 Å². The Kier molecular flexibility index (Phi) is 10.2. The van der Waals surface area contributed by atoms with E-state index >= 15 is 0 Å². The van der Waals surface area contributed by atoms with E-state index in [1.54, 1.807) is 12.1 Å². The van der Waals surface area contributed by atoms with Gasteiger partial charge in [0, 0.05) is 28.5 Å². The fraction of sp³-hybridized carbons (Fsp3) is 0.433. The highest BCUT2D eigenvalue weighted by Gasteiger charge is 2.59. The molecule has 4 N–H and O–H groups in total. The van der Waals surface area contributed by atoms with Crippen molar-refractivity contribution >= 4 is 18.4 Å². The Bertz CT molecular complexity index is 1520. The molecular formula is C30H31F6N3O7. The first-order valence-electron chi connectivity index (χ1n) is 14.0. The highest BCUT2D eigenvalue weighted by molar-refractivity contribution is 5.89. The molecule has 3 aliphatic rings. The number of ether oxygens (including phenoxy) is 3. The molecule has 10 nitrogen and oxygen atoms in total. The van der Waals surface area contributed by atoms with Gasteiger partial charge in [0.05, 0.1) is 24.0 Å². The first-order chi connectivity index (χ1) is 21.7. The van der Waals surface area contributed by atoms with Crippen LogP contribution in [0.4, 0.5) is 32.0 Å². The summed E-state index contributed by atoms with van der Waals surface area (Å²) in [7, 11) is 1.99. The second-order valence-electron chi connectivity index (χ2n) is 10.9. The maximum absolute atomic E-state index is 12.8. The highest BCUT2D eigenvalue weighted by atomic mass is 19.4. The third-order valence-corrected chi connectivity index (χ3v) is 8.19. The van der Waals surface area contributed by atoms with Crippen molar-refractivity contribution in [2.45, 2.75) is 69.0 Å². The topological polar surface area (TPSA) is 146 Å². The highest BCUT2D eigenvalue weighted by Crippen LogP contribution is 2.55. The number of hydrogen-bond donors (Lipinski definition) is 3. The molecule has 0 bridgehead atoms. The van der Waals surface area contributed by atoms with Gasteiger partial charge in [-0.15, -0.1) is 26.3 Å². The number of aromatic nitrogens is 1. The monoisotopic (exact) mass is 659 g/mol. The third-order valence-electron chi connectivity index (χ3n) is 8.19. The van der Waals surface area contributed by atoms with Crippen molar-refractivity contribution in [3.63, 3.8) is 0 Å². The summed E-state index contributed by atoms with van der Waals surface area (Å²) in [6, 6.07) is 8.86. The van der Waals surface area contributed by atoms with E-state index in [2.05, 4.69) is 19.9 Å². The quantitative estimate of drug-likeness (QED) is 0.173. The number of anilines is 1. The van der Waals surface area contributed by atoms with Crippen molar-refractivity contribution in [2.24, 2.45) is 5.92 Å². The summed E-state index contributed by atoms with van der Waals surface area (Å²) < 4.78 is 93.6. The number of carbonyl (C=O) groups excluding carboxylic acids is 1. The van der Waals surface area contributed by atoms with Gasteiger partial charge in [0.15, 0.2) is 5.75 Å². The van der Waals surface area contributed by atoms with Crippen LogP contribution in [0, 0.1) is 5.92 Å². The van der Waals surface area contributed by atoms with Gasteiger partial charge in [-0.1, -0.05) is 17.3 Å². The number of rotatable bonds is 9. The smallest absolute Gasteiger partial charge is 0.478 e. The van der Waals surface area contributed by atoms with Gasteiger partial charge in [-0.2, -0.15) is 0 Å². The van der Waals surface area contributed by atoms with Crippen molar-refractivity contribution in [2.75, 3.05) is 12.8 Å². The molecule has 0 saturated heterocycles. The molecule has 0 spiro atoms. The third kappa shape index (κ3) is 7.91. The zero-order valence-corrected chi connectivity index (χ0v) is 24.4. The lowest BCUT2D eigenvalue weighted by Gasteiger charge is -2.62. The zero-order valence-electron chi connectivity index (χ0n) is 24.4. The molecule has 3 unspecified atom stereocenters. The minimum atomic E-state index is -4.90. The lowest BCUT2D eigenvalue weighted by Crippen LogP contribution is -2.71. The molecule has 16 heteroatoms. The number of carboxylic acid groups (broad SMARTS) is 1. The number of carbonyl (C=O) groups is 2. The number of fused-ring (bicyclic) bond motifs is 1. The molecule has 250 valence electrons. The number of aromatic carboxylic acids is 1. The average molecular weight is 660 g/mol. The SMILES string of the molecule is C=O.CNC12CCC1C(OCc1c(-c3ccccc3OC(F)(F)F)noc1C1CC1)C2.Nc1ccc(C(=O)O)cc1OC(F)(F)F. The normalized spacial score (nSPS) is 21.6. The van der Waals surface area contributed by atoms with E-state index < -0.39 is 24.4 Å². The Morgan fingerprint density at radius 1 is 1.07 bits per heavy atom. The Hall–Kier alpha value is -4.31. The lowest BCUT2D eigenvalue weighted by molar-refractivity contribution is -0.275. The van der Waals surface area contributed by atoms with Crippen molar-refractivity contribution < 1.29 is 59.8 Å². The van der Waals surface area contributed by atoms with Crippen molar-refractivity contribution in [3.8, 4) is 22.8 Å². The summed E-state index contributed by atoms with van der Waals surface area (Å²) in [4.78, 5) is 18.5. The molecule has 6 rings (SSSR count). The molecule has 1 heterocycles. The van der Waals surface area contributed by atoms with Crippen molar-refractivity contribution in [1.82, 2.24) is 10.5 Å².